The molecule has 0 bridgehead atoms. The number of aromatic nitrogens is 4. The first-order chi connectivity index (χ1) is 14.2. The first-order valence-electron chi connectivity index (χ1n) is 9.47. The molecule has 9 heteroatoms. The van der Waals surface area contributed by atoms with E-state index >= 15 is 0 Å². The number of nitrogens with zero attached hydrogens (tertiary/aromatic N) is 4. The van der Waals surface area contributed by atoms with Gasteiger partial charge in [0, 0.05) is 37.2 Å². The van der Waals surface area contributed by atoms with Crippen LogP contribution in [0.1, 0.15) is 41.4 Å². The third kappa shape index (κ3) is 4.24. The SMILES string of the molecule is COCCn1cc(C(c2cc(F)ccc2Cl)C(C)c2nc(C)c(O)c(=O)n2C)cn1. The van der Waals surface area contributed by atoms with E-state index < -0.39 is 17.3 Å². The summed E-state index contributed by atoms with van der Waals surface area (Å²) >= 11 is 6.45. The Morgan fingerprint density at radius 2 is 2.10 bits per heavy atom. The highest BCUT2D eigenvalue weighted by molar-refractivity contribution is 6.31. The topological polar surface area (TPSA) is 82.2 Å². The second kappa shape index (κ2) is 8.97. The Labute approximate surface area is 178 Å². The smallest absolute Gasteiger partial charge is 0.295 e. The van der Waals surface area contributed by atoms with Crippen LogP contribution in [-0.2, 0) is 18.3 Å². The summed E-state index contributed by atoms with van der Waals surface area (Å²) in [7, 11) is 3.16. The molecule has 160 valence electrons. The molecule has 7 nitrogen and oxygen atoms in total. The van der Waals surface area contributed by atoms with Crippen molar-refractivity contribution in [3.05, 3.63) is 74.4 Å². The molecule has 0 amide bonds. The molecule has 0 aliphatic heterocycles. The van der Waals surface area contributed by atoms with Crippen LogP contribution in [0.4, 0.5) is 4.39 Å². The van der Waals surface area contributed by atoms with Crippen LogP contribution in [0.5, 0.6) is 5.75 Å². The lowest BCUT2D eigenvalue weighted by atomic mass is 9.82. The molecular formula is C21H24ClFN4O3. The number of aryl methyl sites for hydroxylation is 1. The molecule has 0 aliphatic rings. The number of hydrogen-bond donors (Lipinski definition) is 1. The second-order valence-electron chi connectivity index (χ2n) is 7.23. The number of aromatic hydroxyl groups is 1. The van der Waals surface area contributed by atoms with E-state index in [9.17, 15) is 14.3 Å². The Bertz CT molecular complexity index is 1110. The summed E-state index contributed by atoms with van der Waals surface area (Å²) in [6.45, 7) is 4.51. The lowest BCUT2D eigenvalue weighted by molar-refractivity contribution is 0.183. The third-order valence-electron chi connectivity index (χ3n) is 5.21. The molecule has 2 unspecified atom stereocenters. The lowest BCUT2D eigenvalue weighted by Gasteiger charge is -2.26. The van der Waals surface area contributed by atoms with Crippen molar-refractivity contribution in [2.45, 2.75) is 32.2 Å². The van der Waals surface area contributed by atoms with Gasteiger partial charge in [-0.25, -0.2) is 9.37 Å². The maximum atomic E-state index is 14.1. The number of halogens is 2. The van der Waals surface area contributed by atoms with E-state index in [0.29, 0.717) is 29.6 Å². The van der Waals surface area contributed by atoms with Crippen LogP contribution in [0.2, 0.25) is 5.02 Å². The van der Waals surface area contributed by atoms with Gasteiger partial charge in [0.2, 0.25) is 5.75 Å². The molecule has 2 aromatic heterocycles. The highest BCUT2D eigenvalue weighted by Gasteiger charge is 2.30. The number of rotatable bonds is 7. The van der Waals surface area contributed by atoms with Crippen molar-refractivity contribution in [3.63, 3.8) is 0 Å². The molecule has 0 spiro atoms. The monoisotopic (exact) mass is 434 g/mol. The fraction of sp³-hybridized carbons (Fsp3) is 0.381. The molecule has 3 aromatic rings. The Kier molecular flexibility index (Phi) is 6.58. The lowest BCUT2D eigenvalue weighted by Crippen LogP contribution is -2.26. The van der Waals surface area contributed by atoms with Gasteiger partial charge in [0.15, 0.2) is 0 Å². The molecule has 1 N–H and O–H groups in total. The maximum Gasteiger partial charge on any atom is 0.295 e. The van der Waals surface area contributed by atoms with Crippen molar-refractivity contribution in [2.75, 3.05) is 13.7 Å². The maximum absolute atomic E-state index is 14.1. The first kappa shape index (κ1) is 22.0. The van der Waals surface area contributed by atoms with Crippen LogP contribution in [0.15, 0.2) is 35.4 Å². The summed E-state index contributed by atoms with van der Waals surface area (Å²) in [5.41, 5.74) is 1.06. The van der Waals surface area contributed by atoms with Crippen LogP contribution in [0.25, 0.3) is 0 Å². The zero-order chi connectivity index (χ0) is 22.0. The molecule has 0 radical (unpaired) electrons. The largest absolute Gasteiger partial charge is 0.502 e. The number of methoxy groups -OCH3 is 1. The van der Waals surface area contributed by atoms with Gasteiger partial charge in [0.1, 0.15) is 11.6 Å². The van der Waals surface area contributed by atoms with Crippen LogP contribution in [-0.4, -0.2) is 38.2 Å². The minimum Gasteiger partial charge on any atom is -0.502 e. The van der Waals surface area contributed by atoms with Gasteiger partial charge >= 0.3 is 0 Å². The molecule has 30 heavy (non-hydrogen) atoms. The van der Waals surface area contributed by atoms with E-state index in [0.717, 1.165) is 5.56 Å². The van der Waals surface area contributed by atoms with Gasteiger partial charge in [-0.1, -0.05) is 18.5 Å². The number of benzene rings is 1. The molecular weight excluding hydrogens is 411 g/mol. The van der Waals surface area contributed by atoms with Crippen LogP contribution < -0.4 is 5.56 Å². The van der Waals surface area contributed by atoms with Crippen molar-refractivity contribution in [1.29, 1.82) is 0 Å². The van der Waals surface area contributed by atoms with E-state index in [-0.39, 0.29) is 17.4 Å². The van der Waals surface area contributed by atoms with E-state index in [1.54, 1.807) is 32.0 Å². The van der Waals surface area contributed by atoms with Gasteiger partial charge in [-0.15, -0.1) is 0 Å². The summed E-state index contributed by atoms with van der Waals surface area (Å²) in [6, 6.07) is 4.20. The summed E-state index contributed by atoms with van der Waals surface area (Å²) in [5, 5.41) is 14.7. The molecule has 3 rings (SSSR count). The van der Waals surface area contributed by atoms with E-state index in [4.69, 9.17) is 16.3 Å². The zero-order valence-corrected chi connectivity index (χ0v) is 18.0. The first-order valence-corrected chi connectivity index (χ1v) is 9.85. The Morgan fingerprint density at radius 3 is 2.80 bits per heavy atom. The average Bonchev–Trinajstić information content (AvgIpc) is 3.18. The summed E-state index contributed by atoms with van der Waals surface area (Å²) in [4.78, 5) is 16.9. The summed E-state index contributed by atoms with van der Waals surface area (Å²) in [6.07, 6.45) is 3.55. The molecule has 1 aromatic carbocycles. The van der Waals surface area contributed by atoms with Crippen molar-refractivity contribution in [3.8, 4) is 5.75 Å². The van der Waals surface area contributed by atoms with Crippen LogP contribution in [0.3, 0.4) is 0 Å². The third-order valence-corrected chi connectivity index (χ3v) is 5.56. The van der Waals surface area contributed by atoms with Gasteiger partial charge in [-0.2, -0.15) is 5.10 Å². The zero-order valence-electron chi connectivity index (χ0n) is 17.3. The molecule has 2 heterocycles. The Hall–Kier alpha value is -2.71. The molecule has 0 saturated heterocycles. The standard InChI is InChI=1S/C21H24ClFN4O3/c1-12(20-25-13(2)19(28)21(29)26(20)3)18(16-9-15(23)5-6-17(16)22)14-10-24-27(11-14)7-8-30-4/h5-6,9-12,18,28H,7-8H2,1-4H3. The average molecular weight is 435 g/mol. The van der Waals surface area contributed by atoms with E-state index in [2.05, 4.69) is 10.1 Å². The molecule has 0 aliphatic carbocycles. The normalized spacial score (nSPS) is 13.4. The summed E-state index contributed by atoms with van der Waals surface area (Å²) < 4.78 is 22.3. The van der Waals surface area contributed by atoms with Gasteiger partial charge in [0.25, 0.3) is 5.56 Å². The second-order valence-corrected chi connectivity index (χ2v) is 7.64. The Balaban J connectivity index is 2.16. The Morgan fingerprint density at radius 1 is 1.37 bits per heavy atom. The fourth-order valence-corrected chi connectivity index (χ4v) is 3.85. The molecule has 0 saturated carbocycles. The van der Waals surface area contributed by atoms with Gasteiger partial charge in [-0.3, -0.25) is 14.0 Å². The fourth-order valence-electron chi connectivity index (χ4n) is 3.61. The highest BCUT2D eigenvalue weighted by Crippen LogP contribution is 2.40. The predicted octanol–water partition coefficient (Wildman–Crippen LogP) is 3.37. The quantitative estimate of drug-likeness (QED) is 0.616. The minimum atomic E-state index is -0.538. The molecule has 2 atom stereocenters. The summed E-state index contributed by atoms with van der Waals surface area (Å²) in [5.74, 6) is -1.15. The predicted molar refractivity (Wildman–Crippen MR) is 112 cm³/mol. The molecule has 0 fully saturated rings. The van der Waals surface area contributed by atoms with Gasteiger partial charge in [0.05, 0.1) is 25.0 Å². The van der Waals surface area contributed by atoms with Crippen molar-refractivity contribution < 1.29 is 14.2 Å². The van der Waals surface area contributed by atoms with Crippen molar-refractivity contribution in [2.24, 2.45) is 7.05 Å². The van der Waals surface area contributed by atoms with Crippen LogP contribution in [0, 0.1) is 12.7 Å². The van der Waals surface area contributed by atoms with Crippen molar-refractivity contribution >= 4 is 11.6 Å². The minimum absolute atomic E-state index is 0.236. The highest BCUT2D eigenvalue weighted by atomic mass is 35.5. The van der Waals surface area contributed by atoms with Crippen LogP contribution >= 0.6 is 11.6 Å². The van der Waals surface area contributed by atoms with E-state index in [1.165, 1.54) is 22.8 Å². The van der Waals surface area contributed by atoms with Crippen molar-refractivity contribution in [1.82, 2.24) is 19.3 Å². The number of ether oxygens (including phenoxy) is 1. The van der Waals surface area contributed by atoms with E-state index in [1.807, 2.05) is 13.1 Å². The number of hydrogen-bond acceptors (Lipinski definition) is 5. The van der Waals surface area contributed by atoms with Gasteiger partial charge < -0.3 is 9.84 Å². The van der Waals surface area contributed by atoms with Gasteiger partial charge in [-0.05, 0) is 36.2 Å².